The third-order valence-corrected chi connectivity index (χ3v) is 3.19. The van der Waals surface area contributed by atoms with Gasteiger partial charge in [0.1, 0.15) is 5.82 Å². The molecule has 1 heterocycles. The summed E-state index contributed by atoms with van der Waals surface area (Å²) < 4.78 is 56.1. The van der Waals surface area contributed by atoms with Crippen LogP contribution in [0.2, 0.25) is 0 Å². The molecule has 0 amide bonds. The van der Waals surface area contributed by atoms with Crippen molar-refractivity contribution in [2.45, 2.75) is 18.2 Å². The van der Waals surface area contributed by atoms with E-state index in [1.807, 2.05) is 0 Å². The second-order valence-electron chi connectivity index (χ2n) is 4.48. The summed E-state index contributed by atoms with van der Waals surface area (Å²) in [6, 6.07) is 3.08. The van der Waals surface area contributed by atoms with Crippen molar-refractivity contribution in [3.8, 4) is 0 Å². The molecule has 0 radical (unpaired) electrons. The quantitative estimate of drug-likeness (QED) is 0.845. The molecule has 0 atom stereocenters. The lowest BCUT2D eigenvalue weighted by Gasteiger charge is -2.41. The Morgan fingerprint density at radius 1 is 1.33 bits per heavy atom. The molecule has 1 N–H and O–H groups in total. The summed E-state index contributed by atoms with van der Waals surface area (Å²) in [6.07, 6.45) is -4.34. The molecule has 100 valence electrons. The molecular weight excluding hydrogens is 250 g/mol. The summed E-state index contributed by atoms with van der Waals surface area (Å²) in [5.41, 5.74) is -1.27. The van der Waals surface area contributed by atoms with Crippen LogP contribution in [0, 0.1) is 5.82 Å². The summed E-state index contributed by atoms with van der Waals surface area (Å²) in [6.45, 7) is 1.17. The van der Waals surface area contributed by atoms with E-state index in [-0.39, 0.29) is 0 Å². The molecule has 0 aliphatic carbocycles. The minimum Gasteiger partial charge on any atom is -0.375 e. The van der Waals surface area contributed by atoms with Crippen LogP contribution in [0.3, 0.4) is 0 Å². The van der Waals surface area contributed by atoms with Crippen molar-refractivity contribution in [2.75, 3.05) is 20.2 Å². The summed E-state index contributed by atoms with van der Waals surface area (Å²) in [7, 11) is 1.52. The lowest BCUT2D eigenvalue weighted by molar-refractivity contribution is -0.140. The zero-order chi connectivity index (χ0) is 13.4. The molecule has 0 bridgehead atoms. The zero-order valence-corrected chi connectivity index (χ0v) is 9.77. The lowest BCUT2D eigenvalue weighted by atomic mass is 9.88. The number of benzene rings is 1. The molecular formula is C12H13F4NO. The minimum atomic E-state index is -4.67. The minimum absolute atomic E-state index is 0.333. The van der Waals surface area contributed by atoms with Crippen molar-refractivity contribution in [1.29, 1.82) is 0 Å². The predicted octanol–water partition coefficient (Wildman–Crippen LogP) is 2.38. The number of halogens is 4. The van der Waals surface area contributed by atoms with Crippen molar-refractivity contribution >= 4 is 0 Å². The van der Waals surface area contributed by atoms with Gasteiger partial charge >= 0.3 is 6.18 Å². The van der Waals surface area contributed by atoms with Crippen LogP contribution in [0.1, 0.15) is 11.1 Å². The van der Waals surface area contributed by atoms with E-state index >= 15 is 0 Å². The van der Waals surface area contributed by atoms with E-state index in [2.05, 4.69) is 5.32 Å². The van der Waals surface area contributed by atoms with Gasteiger partial charge in [-0.1, -0.05) is 6.07 Å². The van der Waals surface area contributed by atoms with Gasteiger partial charge in [-0.2, -0.15) is 13.2 Å². The molecule has 0 spiro atoms. The molecule has 1 aliphatic heterocycles. The van der Waals surface area contributed by atoms with Crippen molar-refractivity contribution in [3.63, 3.8) is 0 Å². The Morgan fingerprint density at radius 3 is 2.44 bits per heavy atom. The van der Waals surface area contributed by atoms with E-state index in [9.17, 15) is 17.6 Å². The highest BCUT2D eigenvalue weighted by Crippen LogP contribution is 2.33. The topological polar surface area (TPSA) is 21.3 Å². The fourth-order valence-electron chi connectivity index (χ4n) is 2.02. The summed E-state index contributed by atoms with van der Waals surface area (Å²) in [5, 5.41) is 3.01. The Bertz CT molecular complexity index is 435. The molecule has 0 aromatic heterocycles. The standard InChI is InChI=1S/C12H13F4NO/c1-18-11(6-17-7-11)5-8-2-3-10(13)9(4-8)12(14,15)16/h2-4,17H,5-7H2,1H3. The van der Waals surface area contributed by atoms with Crippen LogP contribution in [-0.4, -0.2) is 25.8 Å². The van der Waals surface area contributed by atoms with Gasteiger partial charge in [-0.25, -0.2) is 4.39 Å². The van der Waals surface area contributed by atoms with Crippen LogP contribution in [0.15, 0.2) is 18.2 Å². The van der Waals surface area contributed by atoms with Gasteiger partial charge in [-0.05, 0) is 17.7 Å². The highest BCUT2D eigenvalue weighted by molar-refractivity contribution is 5.29. The van der Waals surface area contributed by atoms with Crippen molar-refractivity contribution < 1.29 is 22.3 Å². The summed E-state index contributed by atoms with van der Waals surface area (Å²) >= 11 is 0. The van der Waals surface area contributed by atoms with E-state index in [0.717, 1.165) is 12.1 Å². The van der Waals surface area contributed by atoms with Gasteiger partial charge in [-0.3, -0.25) is 0 Å². The zero-order valence-electron chi connectivity index (χ0n) is 9.77. The molecule has 1 saturated heterocycles. The Morgan fingerprint density at radius 2 is 2.00 bits per heavy atom. The number of rotatable bonds is 3. The van der Waals surface area contributed by atoms with Gasteiger partial charge in [0.2, 0.25) is 0 Å². The maximum Gasteiger partial charge on any atom is 0.419 e. The molecule has 2 rings (SSSR count). The molecule has 2 nitrogen and oxygen atoms in total. The first-order valence-electron chi connectivity index (χ1n) is 5.48. The molecule has 0 saturated carbocycles. The highest BCUT2D eigenvalue weighted by Gasteiger charge is 2.38. The first-order chi connectivity index (χ1) is 8.36. The van der Waals surface area contributed by atoms with Crippen molar-refractivity contribution in [1.82, 2.24) is 5.32 Å². The molecule has 1 aromatic rings. The Kier molecular flexibility index (Phi) is 3.33. The average Bonchev–Trinajstić information content (AvgIpc) is 2.24. The second-order valence-corrected chi connectivity index (χ2v) is 4.48. The molecule has 6 heteroatoms. The van der Waals surface area contributed by atoms with Crippen LogP contribution < -0.4 is 5.32 Å². The maximum atomic E-state index is 13.1. The highest BCUT2D eigenvalue weighted by atomic mass is 19.4. The van der Waals surface area contributed by atoms with E-state index in [1.165, 1.54) is 13.2 Å². The Balaban J connectivity index is 2.25. The molecule has 1 aliphatic rings. The van der Waals surface area contributed by atoms with Crippen molar-refractivity contribution in [2.24, 2.45) is 0 Å². The van der Waals surface area contributed by atoms with Crippen LogP contribution in [0.4, 0.5) is 17.6 Å². The van der Waals surface area contributed by atoms with E-state index < -0.39 is 23.2 Å². The summed E-state index contributed by atoms with van der Waals surface area (Å²) in [5.74, 6) is -1.25. The fourth-order valence-corrected chi connectivity index (χ4v) is 2.02. The van der Waals surface area contributed by atoms with Crippen molar-refractivity contribution in [3.05, 3.63) is 35.1 Å². The summed E-state index contributed by atoms with van der Waals surface area (Å²) in [4.78, 5) is 0. The monoisotopic (exact) mass is 263 g/mol. The lowest BCUT2D eigenvalue weighted by Crippen LogP contribution is -2.61. The molecule has 1 aromatic carbocycles. The van der Waals surface area contributed by atoms with E-state index in [0.29, 0.717) is 25.1 Å². The van der Waals surface area contributed by atoms with E-state index in [1.54, 1.807) is 0 Å². The van der Waals surface area contributed by atoms with Gasteiger partial charge in [-0.15, -0.1) is 0 Å². The fraction of sp³-hybridized carbons (Fsp3) is 0.500. The number of hydrogen-bond acceptors (Lipinski definition) is 2. The normalized spacial score (nSPS) is 18.5. The maximum absolute atomic E-state index is 13.1. The number of methoxy groups -OCH3 is 1. The predicted molar refractivity (Wildman–Crippen MR) is 57.7 cm³/mol. The SMILES string of the molecule is COC1(Cc2ccc(F)c(C(F)(F)F)c2)CNC1. The number of nitrogens with one attached hydrogen (secondary N) is 1. The second kappa shape index (κ2) is 4.51. The van der Waals surface area contributed by atoms with Crippen LogP contribution in [0.5, 0.6) is 0 Å². The molecule has 0 unspecified atom stereocenters. The average molecular weight is 263 g/mol. The number of ether oxygens (including phenoxy) is 1. The van der Waals surface area contributed by atoms with Gasteiger partial charge in [0.15, 0.2) is 0 Å². The van der Waals surface area contributed by atoms with Gasteiger partial charge in [0, 0.05) is 26.6 Å². The number of hydrogen-bond donors (Lipinski definition) is 1. The first-order valence-corrected chi connectivity index (χ1v) is 5.48. The third-order valence-electron chi connectivity index (χ3n) is 3.19. The Labute approximate surface area is 102 Å². The Hall–Kier alpha value is -1.14. The smallest absolute Gasteiger partial charge is 0.375 e. The third kappa shape index (κ3) is 2.49. The first kappa shape index (κ1) is 13.3. The van der Waals surface area contributed by atoms with Gasteiger partial charge in [0.25, 0.3) is 0 Å². The van der Waals surface area contributed by atoms with Gasteiger partial charge in [0.05, 0.1) is 11.2 Å². The van der Waals surface area contributed by atoms with E-state index in [4.69, 9.17) is 4.74 Å². The molecule has 18 heavy (non-hydrogen) atoms. The van der Waals surface area contributed by atoms with Gasteiger partial charge < -0.3 is 10.1 Å². The molecule has 1 fully saturated rings. The van der Waals surface area contributed by atoms with Crippen LogP contribution in [0.25, 0.3) is 0 Å². The van der Waals surface area contributed by atoms with Crippen LogP contribution in [-0.2, 0) is 17.3 Å². The number of alkyl halides is 3. The van der Waals surface area contributed by atoms with Crippen LogP contribution >= 0.6 is 0 Å². The largest absolute Gasteiger partial charge is 0.419 e.